The van der Waals surface area contributed by atoms with E-state index in [2.05, 4.69) is 0 Å². The molecule has 0 bridgehead atoms. The Kier molecular flexibility index (Phi) is 5.08. The second-order valence-corrected chi connectivity index (χ2v) is 5.74. The fourth-order valence-electron chi connectivity index (χ4n) is 2.54. The normalized spacial score (nSPS) is 17.3. The van der Waals surface area contributed by atoms with Crippen molar-refractivity contribution in [2.75, 3.05) is 0 Å². The van der Waals surface area contributed by atoms with Crippen molar-refractivity contribution < 1.29 is 17.9 Å². The van der Waals surface area contributed by atoms with Gasteiger partial charge in [-0.2, -0.15) is 13.2 Å². The molecule has 0 atom stereocenters. The Morgan fingerprint density at radius 1 is 1.14 bits per heavy atom. The van der Waals surface area contributed by atoms with E-state index in [1.807, 2.05) is 0 Å². The van der Waals surface area contributed by atoms with Crippen LogP contribution in [0, 0.1) is 0 Å². The average molecular weight is 317 g/mol. The zero-order valence-electron chi connectivity index (χ0n) is 11.6. The van der Waals surface area contributed by atoms with Crippen LogP contribution in [-0.2, 0) is 6.18 Å². The first-order valence-corrected chi connectivity index (χ1v) is 7.46. The monoisotopic (exact) mass is 317 g/mol. The Bertz CT molecular complexity index is 508. The molecule has 116 valence electrons. The number of alkyl halides is 3. The van der Waals surface area contributed by atoms with Crippen molar-refractivity contribution in [2.45, 2.75) is 50.8 Å². The summed E-state index contributed by atoms with van der Waals surface area (Å²) in [7, 11) is 0. The lowest BCUT2D eigenvalue weighted by Crippen LogP contribution is -2.19. The van der Waals surface area contributed by atoms with Crippen molar-refractivity contribution in [2.24, 2.45) is 5.73 Å². The van der Waals surface area contributed by atoms with Gasteiger partial charge < -0.3 is 10.5 Å². The van der Waals surface area contributed by atoms with Gasteiger partial charge in [0, 0.05) is 0 Å². The third kappa shape index (κ3) is 4.33. The van der Waals surface area contributed by atoms with E-state index in [-0.39, 0.29) is 16.7 Å². The first-order chi connectivity index (χ1) is 9.88. The Balaban J connectivity index is 2.24. The molecule has 0 spiro atoms. The van der Waals surface area contributed by atoms with Gasteiger partial charge in [-0.1, -0.05) is 25.1 Å². The summed E-state index contributed by atoms with van der Waals surface area (Å²) in [5.41, 5.74) is 4.94. The number of hydrogen-bond acceptors (Lipinski definition) is 2. The molecule has 0 radical (unpaired) electrons. The number of halogens is 3. The molecule has 0 aromatic heterocycles. The highest BCUT2D eigenvalue weighted by atomic mass is 32.1. The van der Waals surface area contributed by atoms with Crippen molar-refractivity contribution in [1.29, 1.82) is 0 Å². The van der Waals surface area contributed by atoms with Crippen LogP contribution in [-0.4, -0.2) is 11.1 Å². The lowest BCUT2D eigenvalue weighted by molar-refractivity contribution is -0.137. The summed E-state index contributed by atoms with van der Waals surface area (Å²) in [6.07, 6.45) is 1.94. The van der Waals surface area contributed by atoms with Gasteiger partial charge in [-0.15, -0.1) is 0 Å². The van der Waals surface area contributed by atoms with E-state index in [0.717, 1.165) is 37.8 Å². The van der Waals surface area contributed by atoms with Crippen LogP contribution in [0.3, 0.4) is 0 Å². The van der Waals surface area contributed by atoms with E-state index in [9.17, 15) is 13.2 Å². The zero-order chi connectivity index (χ0) is 15.5. The molecule has 0 saturated heterocycles. The molecule has 1 aromatic carbocycles. The maximum Gasteiger partial charge on any atom is 0.416 e. The van der Waals surface area contributed by atoms with Crippen LogP contribution in [0.15, 0.2) is 18.2 Å². The van der Waals surface area contributed by atoms with Gasteiger partial charge in [0.25, 0.3) is 0 Å². The number of benzene rings is 1. The Labute approximate surface area is 127 Å². The highest BCUT2D eigenvalue weighted by molar-refractivity contribution is 7.80. The topological polar surface area (TPSA) is 35.2 Å². The minimum absolute atomic E-state index is 0.0253. The third-order valence-corrected chi connectivity index (χ3v) is 3.89. The summed E-state index contributed by atoms with van der Waals surface area (Å²) in [4.78, 5) is -0.0790. The molecule has 2 N–H and O–H groups in total. The lowest BCUT2D eigenvalue weighted by Gasteiger charge is -2.20. The summed E-state index contributed by atoms with van der Waals surface area (Å²) in [6, 6.07) is 3.30. The van der Waals surface area contributed by atoms with Gasteiger partial charge in [0.1, 0.15) is 10.7 Å². The van der Waals surface area contributed by atoms with E-state index in [0.29, 0.717) is 5.75 Å². The van der Waals surface area contributed by atoms with Crippen LogP contribution in [0.1, 0.15) is 49.7 Å². The number of hydrogen-bond donors (Lipinski definition) is 1. The van der Waals surface area contributed by atoms with E-state index in [4.69, 9.17) is 22.7 Å². The molecule has 1 aliphatic rings. The first kappa shape index (κ1) is 16.1. The van der Waals surface area contributed by atoms with Crippen molar-refractivity contribution >= 4 is 17.2 Å². The predicted octanol–water partition coefficient (Wildman–Crippen LogP) is 4.44. The number of thiocarbonyl (C=S) groups is 1. The highest BCUT2D eigenvalue weighted by Gasteiger charge is 2.31. The van der Waals surface area contributed by atoms with Crippen LogP contribution in [0.25, 0.3) is 0 Å². The molecule has 1 fully saturated rings. The SMILES string of the molecule is NC(=S)c1cc(C(F)(F)F)ccc1OC1CCCCCC1. The molecule has 0 aliphatic heterocycles. The molecule has 2 nitrogen and oxygen atoms in total. The summed E-state index contributed by atoms with van der Waals surface area (Å²) in [6.45, 7) is 0. The summed E-state index contributed by atoms with van der Waals surface area (Å²) >= 11 is 4.86. The van der Waals surface area contributed by atoms with Gasteiger partial charge in [0.2, 0.25) is 0 Å². The van der Waals surface area contributed by atoms with Gasteiger partial charge in [-0.05, 0) is 43.9 Å². The quantitative estimate of drug-likeness (QED) is 0.661. The number of nitrogens with two attached hydrogens (primary N) is 1. The summed E-state index contributed by atoms with van der Waals surface area (Å²) < 4.78 is 44.1. The second-order valence-electron chi connectivity index (χ2n) is 5.30. The van der Waals surface area contributed by atoms with Crippen LogP contribution in [0.5, 0.6) is 5.75 Å². The average Bonchev–Trinajstić information content (AvgIpc) is 2.66. The maximum atomic E-state index is 12.8. The van der Waals surface area contributed by atoms with Crippen LogP contribution in [0.4, 0.5) is 13.2 Å². The summed E-state index contributed by atoms with van der Waals surface area (Å²) in [5.74, 6) is 0.349. The minimum Gasteiger partial charge on any atom is -0.490 e. The van der Waals surface area contributed by atoms with Gasteiger partial charge in [0.05, 0.1) is 17.2 Å². The largest absolute Gasteiger partial charge is 0.490 e. The van der Waals surface area contributed by atoms with Gasteiger partial charge in [-0.3, -0.25) is 0 Å². The van der Waals surface area contributed by atoms with Crippen molar-refractivity contribution in [3.05, 3.63) is 29.3 Å². The van der Waals surface area contributed by atoms with Gasteiger partial charge in [-0.25, -0.2) is 0 Å². The van der Waals surface area contributed by atoms with Crippen LogP contribution >= 0.6 is 12.2 Å². The molecular formula is C15H18F3NOS. The van der Waals surface area contributed by atoms with Crippen LogP contribution in [0.2, 0.25) is 0 Å². The van der Waals surface area contributed by atoms with Crippen molar-refractivity contribution in [3.63, 3.8) is 0 Å². The van der Waals surface area contributed by atoms with Gasteiger partial charge >= 0.3 is 6.18 Å². The molecule has 1 saturated carbocycles. The molecular weight excluding hydrogens is 299 g/mol. The first-order valence-electron chi connectivity index (χ1n) is 7.05. The van der Waals surface area contributed by atoms with Crippen LogP contribution < -0.4 is 10.5 Å². The van der Waals surface area contributed by atoms with Gasteiger partial charge in [0.15, 0.2) is 0 Å². The van der Waals surface area contributed by atoms with E-state index >= 15 is 0 Å². The molecule has 1 aliphatic carbocycles. The molecule has 0 unspecified atom stereocenters. The van der Waals surface area contributed by atoms with E-state index < -0.39 is 11.7 Å². The molecule has 21 heavy (non-hydrogen) atoms. The molecule has 6 heteroatoms. The summed E-state index contributed by atoms with van der Waals surface area (Å²) in [5, 5.41) is 0. The predicted molar refractivity (Wildman–Crippen MR) is 79.4 cm³/mol. The third-order valence-electron chi connectivity index (χ3n) is 3.67. The highest BCUT2D eigenvalue weighted by Crippen LogP contribution is 2.33. The van der Waals surface area contributed by atoms with E-state index in [1.54, 1.807) is 0 Å². The minimum atomic E-state index is -4.42. The van der Waals surface area contributed by atoms with Crippen molar-refractivity contribution in [3.8, 4) is 5.75 Å². The smallest absolute Gasteiger partial charge is 0.416 e. The molecule has 0 heterocycles. The number of rotatable bonds is 3. The number of ether oxygens (including phenoxy) is 1. The van der Waals surface area contributed by atoms with E-state index in [1.165, 1.54) is 18.9 Å². The maximum absolute atomic E-state index is 12.8. The zero-order valence-corrected chi connectivity index (χ0v) is 12.4. The van der Waals surface area contributed by atoms with Crippen molar-refractivity contribution in [1.82, 2.24) is 0 Å². The molecule has 0 amide bonds. The molecule has 1 aromatic rings. The Morgan fingerprint density at radius 3 is 2.29 bits per heavy atom. The fourth-order valence-corrected chi connectivity index (χ4v) is 2.70. The Hall–Kier alpha value is -1.30. The lowest BCUT2D eigenvalue weighted by atomic mass is 10.1. The Morgan fingerprint density at radius 2 is 1.76 bits per heavy atom. The fraction of sp³-hybridized carbons (Fsp3) is 0.533. The second kappa shape index (κ2) is 6.64. The standard InChI is InChI=1S/C15H18F3NOS/c16-15(17,18)10-7-8-13(12(9-10)14(19)21)20-11-5-3-1-2-4-6-11/h7-9,11H,1-6H2,(H2,19,21). The molecule has 2 rings (SSSR count).